The third kappa shape index (κ3) is 3.75. The van der Waals surface area contributed by atoms with Gasteiger partial charge in [0.2, 0.25) is 5.91 Å². The van der Waals surface area contributed by atoms with Gasteiger partial charge in [-0.3, -0.25) is 4.79 Å². The van der Waals surface area contributed by atoms with Gasteiger partial charge in [-0.25, -0.2) is 0 Å². The second-order valence-corrected chi connectivity index (χ2v) is 5.61. The molecule has 21 heavy (non-hydrogen) atoms. The van der Waals surface area contributed by atoms with Crippen molar-refractivity contribution in [3.05, 3.63) is 35.4 Å². The molecule has 0 spiro atoms. The summed E-state index contributed by atoms with van der Waals surface area (Å²) in [6.07, 6.45) is -3.54. The first kappa shape index (κ1) is 15.8. The molecule has 0 radical (unpaired) electrons. The molecular weight excluding hydrogens is 281 g/mol. The van der Waals surface area contributed by atoms with Gasteiger partial charge in [-0.05, 0) is 37.4 Å². The molecule has 0 bridgehead atoms. The van der Waals surface area contributed by atoms with Gasteiger partial charge in [0.05, 0.1) is 12.0 Å². The first-order valence-corrected chi connectivity index (χ1v) is 6.97. The van der Waals surface area contributed by atoms with Gasteiger partial charge in [-0.1, -0.05) is 18.2 Å². The van der Waals surface area contributed by atoms with E-state index in [-0.39, 0.29) is 24.3 Å². The van der Waals surface area contributed by atoms with Crippen LogP contribution in [0.25, 0.3) is 0 Å². The van der Waals surface area contributed by atoms with Crippen molar-refractivity contribution in [2.24, 2.45) is 11.7 Å². The van der Waals surface area contributed by atoms with Gasteiger partial charge >= 0.3 is 6.18 Å². The van der Waals surface area contributed by atoms with E-state index in [0.717, 1.165) is 18.6 Å². The van der Waals surface area contributed by atoms with Crippen molar-refractivity contribution in [3.8, 4) is 0 Å². The highest BCUT2D eigenvalue weighted by Crippen LogP contribution is 2.30. The van der Waals surface area contributed by atoms with Crippen LogP contribution in [0, 0.1) is 5.92 Å². The van der Waals surface area contributed by atoms with E-state index in [0.29, 0.717) is 18.7 Å². The lowest BCUT2D eigenvalue weighted by atomic mass is 10.1. The number of alkyl halides is 3. The minimum Gasteiger partial charge on any atom is -0.339 e. The van der Waals surface area contributed by atoms with Gasteiger partial charge in [0, 0.05) is 12.6 Å². The molecule has 2 rings (SSSR count). The Kier molecular flexibility index (Phi) is 4.56. The largest absolute Gasteiger partial charge is 0.416 e. The van der Waals surface area contributed by atoms with Crippen molar-refractivity contribution in [3.63, 3.8) is 0 Å². The Balaban J connectivity index is 2.07. The predicted octanol–water partition coefficient (Wildman–Crippen LogP) is 2.44. The smallest absolute Gasteiger partial charge is 0.339 e. The van der Waals surface area contributed by atoms with Crippen LogP contribution in [0.15, 0.2) is 24.3 Å². The Morgan fingerprint density at radius 3 is 2.71 bits per heavy atom. The number of carbonyl (C=O) groups is 1. The summed E-state index contributed by atoms with van der Waals surface area (Å²) in [5.41, 5.74) is 5.28. The monoisotopic (exact) mass is 300 g/mol. The lowest BCUT2D eigenvalue weighted by Crippen LogP contribution is -2.35. The van der Waals surface area contributed by atoms with E-state index in [9.17, 15) is 18.0 Å². The van der Waals surface area contributed by atoms with Crippen LogP contribution in [-0.2, 0) is 17.4 Å². The summed E-state index contributed by atoms with van der Waals surface area (Å²) in [7, 11) is 0. The fraction of sp³-hybridized carbons (Fsp3) is 0.533. The molecule has 3 nitrogen and oxygen atoms in total. The molecule has 1 saturated heterocycles. The minimum absolute atomic E-state index is 0.00838. The molecule has 0 aromatic heterocycles. The highest BCUT2D eigenvalue weighted by molar-refractivity contribution is 5.79. The van der Waals surface area contributed by atoms with E-state index < -0.39 is 11.7 Å². The number of halogens is 3. The van der Waals surface area contributed by atoms with Crippen LogP contribution in [0.4, 0.5) is 13.2 Å². The number of nitrogens with two attached hydrogens (primary N) is 1. The van der Waals surface area contributed by atoms with Gasteiger partial charge in [0.1, 0.15) is 0 Å². The lowest BCUT2D eigenvalue weighted by Gasteiger charge is -2.21. The van der Waals surface area contributed by atoms with E-state index in [1.807, 2.05) is 6.92 Å². The fourth-order valence-corrected chi connectivity index (χ4v) is 2.79. The molecule has 1 amide bonds. The van der Waals surface area contributed by atoms with Crippen LogP contribution < -0.4 is 5.73 Å². The number of benzene rings is 1. The van der Waals surface area contributed by atoms with Gasteiger partial charge < -0.3 is 10.6 Å². The molecule has 6 heteroatoms. The Hall–Kier alpha value is -1.56. The summed E-state index contributed by atoms with van der Waals surface area (Å²) in [6, 6.07) is 5.03. The van der Waals surface area contributed by atoms with Crippen LogP contribution in [-0.4, -0.2) is 29.9 Å². The Labute approximate surface area is 121 Å². The van der Waals surface area contributed by atoms with E-state index in [1.54, 1.807) is 11.0 Å². The topological polar surface area (TPSA) is 46.3 Å². The standard InChI is InChI=1S/C15H19F3N2O/c1-10-5-12(8-19)9-20(10)14(21)7-11-3-2-4-13(6-11)15(16,17)18/h2-4,6,10,12H,5,7-9,19H2,1H3. The maximum Gasteiger partial charge on any atom is 0.416 e. The molecule has 1 aromatic carbocycles. The quantitative estimate of drug-likeness (QED) is 0.932. The summed E-state index contributed by atoms with van der Waals surface area (Å²) in [5.74, 6) is 0.142. The van der Waals surface area contributed by atoms with Crippen molar-refractivity contribution in [2.45, 2.75) is 32.0 Å². The molecule has 1 aromatic rings. The molecule has 2 N–H and O–H groups in total. The fourth-order valence-electron chi connectivity index (χ4n) is 2.79. The average molecular weight is 300 g/mol. The molecule has 0 aliphatic carbocycles. The van der Waals surface area contributed by atoms with Crippen molar-refractivity contribution >= 4 is 5.91 Å². The summed E-state index contributed by atoms with van der Waals surface area (Å²) >= 11 is 0. The molecular formula is C15H19F3N2O. The van der Waals surface area contributed by atoms with Crippen molar-refractivity contribution in [1.82, 2.24) is 4.90 Å². The van der Waals surface area contributed by atoms with Crippen molar-refractivity contribution < 1.29 is 18.0 Å². The highest BCUT2D eigenvalue weighted by atomic mass is 19.4. The first-order chi connectivity index (χ1) is 9.81. The van der Waals surface area contributed by atoms with Crippen LogP contribution in [0.5, 0.6) is 0 Å². The third-order valence-electron chi connectivity index (χ3n) is 3.92. The average Bonchev–Trinajstić information content (AvgIpc) is 2.79. The van der Waals surface area contributed by atoms with Gasteiger partial charge in [0.25, 0.3) is 0 Å². The summed E-state index contributed by atoms with van der Waals surface area (Å²) < 4.78 is 38.0. The number of hydrogen-bond donors (Lipinski definition) is 1. The molecule has 1 heterocycles. The van der Waals surface area contributed by atoms with Crippen molar-refractivity contribution in [2.75, 3.05) is 13.1 Å². The number of carbonyl (C=O) groups excluding carboxylic acids is 1. The Bertz CT molecular complexity index is 516. The molecule has 116 valence electrons. The maximum atomic E-state index is 12.7. The molecule has 1 aliphatic rings. The molecule has 2 atom stereocenters. The van der Waals surface area contributed by atoms with Gasteiger partial charge in [0.15, 0.2) is 0 Å². The second kappa shape index (κ2) is 6.05. The van der Waals surface area contributed by atoms with Gasteiger partial charge in [-0.15, -0.1) is 0 Å². The summed E-state index contributed by atoms with van der Waals surface area (Å²) in [6.45, 7) is 3.06. The highest BCUT2D eigenvalue weighted by Gasteiger charge is 2.33. The second-order valence-electron chi connectivity index (χ2n) is 5.61. The molecule has 0 saturated carbocycles. The van der Waals surface area contributed by atoms with E-state index in [1.165, 1.54) is 6.07 Å². The molecule has 1 aliphatic heterocycles. The van der Waals surface area contributed by atoms with E-state index in [4.69, 9.17) is 5.73 Å². The lowest BCUT2D eigenvalue weighted by molar-refractivity contribution is -0.138. The number of nitrogens with zero attached hydrogens (tertiary/aromatic N) is 1. The number of amides is 1. The summed E-state index contributed by atoms with van der Waals surface area (Å²) in [4.78, 5) is 14.0. The Morgan fingerprint density at radius 1 is 1.43 bits per heavy atom. The molecule has 2 unspecified atom stereocenters. The Morgan fingerprint density at radius 2 is 2.14 bits per heavy atom. The first-order valence-electron chi connectivity index (χ1n) is 6.97. The predicted molar refractivity (Wildman–Crippen MR) is 73.5 cm³/mol. The van der Waals surface area contributed by atoms with E-state index in [2.05, 4.69) is 0 Å². The van der Waals surface area contributed by atoms with Crippen LogP contribution >= 0.6 is 0 Å². The SMILES string of the molecule is CC1CC(CN)CN1C(=O)Cc1cccc(C(F)(F)F)c1. The van der Waals surface area contributed by atoms with Gasteiger partial charge in [-0.2, -0.15) is 13.2 Å². The number of rotatable bonds is 3. The maximum absolute atomic E-state index is 12.7. The minimum atomic E-state index is -4.38. The van der Waals surface area contributed by atoms with Crippen LogP contribution in [0.2, 0.25) is 0 Å². The molecule has 1 fully saturated rings. The van der Waals surface area contributed by atoms with E-state index >= 15 is 0 Å². The van der Waals surface area contributed by atoms with Crippen LogP contribution in [0.3, 0.4) is 0 Å². The zero-order chi connectivity index (χ0) is 15.6. The third-order valence-corrected chi connectivity index (χ3v) is 3.92. The van der Waals surface area contributed by atoms with Crippen LogP contribution in [0.1, 0.15) is 24.5 Å². The number of likely N-dealkylation sites (tertiary alicyclic amines) is 1. The zero-order valence-electron chi connectivity index (χ0n) is 11.9. The normalized spacial score (nSPS) is 22.6. The zero-order valence-corrected chi connectivity index (χ0v) is 11.9. The summed E-state index contributed by atoms with van der Waals surface area (Å²) in [5, 5.41) is 0. The van der Waals surface area contributed by atoms with Crippen molar-refractivity contribution in [1.29, 1.82) is 0 Å². The number of hydrogen-bond acceptors (Lipinski definition) is 2.